The highest BCUT2D eigenvalue weighted by molar-refractivity contribution is 5.88. The van der Waals surface area contributed by atoms with Crippen molar-refractivity contribution in [3.05, 3.63) is 42.0 Å². The zero-order valence-corrected chi connectivity index (χ0v) is 17.3. The minimum Gasteiger partial charge on any atom is -0.493 e. The Labute approximate surface area is 175 Å². The minimum atomic E-state index is -4.57. The molecule has 3 rings (SSSR count). The van der Waals surface area contributed by atoms with E-state index in [1.165, 1.54) is 19.3 Å². The Morgan fingerprint density at radius 1 is 1.07 bits per heavy atom. The number of unbranched alkanes of at least 4 members (excludes halogenated alkanes) is 5. The van der Waals surface area contributed by atoms with Crippen LogP contribution in [0.3, 0.4) is 0 Å². The van der Waals surface area contributed by atoms with Crippen LogP contribution in [-0.2, 0) is 4.79 Å². The lowest BCUT2D eigenvalue weighted by atomic mass is 9.96. The van der Waals surface area contributed by atoms with E-state index < -0.39 is 18.1 Å². The maximum Gasteiger partial charge on any atom is 0.410 e. The predicted molar refractivity (Wildman–Crippen MR) is 111 cm³/mol. The molecule has 1 aliphatic heterocycles. The number of carbonyl (C=O) groups excluding carboxylic acids is 1. The molecule has 1 unspecified atom stereocenters. The summed E-state index contributed by atoms with van der Waals surface area (Å²) in [4.78, 5) is 11.6. The fraction of sp³-hybridized carbons (Fsp3) is 0.522. The maximum absolute atomic E-state index is 14.2. The molecule has 30 heavy (non-hydrogen) atoms. The van der Waals surface area contributed by atoms with Gasteiger partial charge in [0.05, 0.1) is 6.61 Å². The number of hydrogen-bond acceptors (Lipinski definition) is 3. The third-order valence-electron chi connectivity index (χ3n) is 5.43. The van der Waals surface area contributed by atoms with E-state index in [2.05, 4.69) is 12.3 Å². The number of alkyl halides is 3. The van der Waals surface area contributed by atoms with Crippen molar-refractivity contribution in [1.82, 2.24) is 10.4 Å². The highest BCUT2D eigenvalue weighted by Gasteiger charge is 2.48. The van der Waals surface area contributed by atoms with Crippen LogP contribution in [0.2, 0.25) is 0 Å². The summed E-state index contributed by atoms with van der Waals surface area (Å²) in [7, 11) is 0. The second kappa shape index (κ2) is 10.2. The Morgan fingerprint density at radius 2 is 1.80 bits per heavy atom. The van der Waals surface area contributed by atoms with Gasteiger partial charge in [-0.3, -0.25) is 10.2 Å². The highest BCUT2D eigenvalue weighted by Crippen LogP contribution is 2.45. The number of fused-ring (bicyclic) bond motifs is 1. The first-order chi connectivity index (χ1) is 14.4. The molecule has 1 N–H and O–H groups in total. The highest BCUT2D eigenvalue weighted by atomic mass is 19.4. The van der Waals surface area contributed by atoms with Crippen LogP contribution in [-0.4, -0.2) is 30.2 Å². The van der Waals surface area contributed by atoms with Gasteiger partial charge in [0.1, 0.15) is 5.75 Å². The van der Waals surface area contributed by atoms with Gasteiger partial charge in [-0.2, -0.15) is 13.2 Å². The number of carbonyl (C=O) groups is 1. The van der Waals surface area contributed by atoms with E-state index in [0.717, 1.165) is 24.3 Å². The summed E-state index contributed by atoms with van der Waals surface area (Å²) in [5.41, 5.74) is 2.43. The average molecular weight is 422 g/mol. The van der Waals surface area contributed by atoms with Gasteiger partial charge < -0.3 is 4.74 Å². The number of rotatable bonds is 10. The van der Waals surface area contributed by atoms with Gasteiger partial charge in [-0.25, -0.2) is 5.01 Å². The number of hydrazine groups is 1. The first-order valence-electron chi connectivity index (χ1n) is 10.7. The van der Waals surface area contributed by atoms with Crippen LogP contribution in [0.15, 0.2) is 36.4 Å². The van der Waals surface area contributed by atoms with Crippen molar-refractivity contribution in [3.63, 3.8) is 0 Å². The Kier molecular flexibility index (Phi) is 7.58. The number of nitrogens with zero attached hydrogens (tertiary/aromatic N) is 1. The fourth-order valence-corrected chi connectivity index (χ4v) is 3.93. The van der Waals surface area contributed by atoms with E-state index in [9.17, 15) is 18.0 Å². The molecule has 1 atom stereocenters. The summed E-state index contributed by atoms with van der Waals surface area (Å²) in [6.07, 6.45) is 1.91. The van der Waals surface area contributed by atoms with Crippen LogP contribution in [0.25, 0.3) is 10.8 Å². The van der Waals surface area contributed by atoms with Gasteiger partial charge in [-0.15, -0.1) is 0 Å². The zero-order chi connectivity index (χ0) is 21.6. The van der Waals surface area contributed by atoms with Crippen LogP contribution in [0.4, 0.5) is 13.2 Å². The van der Waals surface area contributed by atoms with Crippen LogP contribution in [0, 0.1) is 0 Å². The lowest BCUT2D eigenvalue weighted by molar-refractivity contribution is -0.191. The number of nitrogens with one attached hydrogen (secondary N) is 1. The van der Waals surface area contributed by atoms with Crippen molar-refractivity contribution in [1.29, 1.82) is 0 Å². The molecule has 1 amide bonds. The quantitative estimate of drug-likeness (QED) is 0.483. The van der Waals surface area contributed by atoms with Gasteiger partial charge in [-0.1, -0.05) is 69.4 Å². The van der Waals surface area contributed by atoms with Crippen molar-refractivity contribution in [3.8, 4) is 5.75 Å². The van der Waals surface area contributed by atoms with Gasteiger partial charge in [0.15, 0.2) is 6.04 Å². The van der Waals surface area contributed by atoms with Crippen molar-refractivity contribution in [2.24, 2.45) is 0 Å². The van der Waals surface area contributed by atoms with E-state index in [1.54, 1.807) is 36.4 Å². The molecule has 1 saturated heterocycles. The molecule has 0 spiro atoms. The standard InChI is InChI=1S/C23H29F3N2O2/c1-2-3-4-5-6-9-16-30-19-13-12-17-10-7-8-11-18(17)21(19)22(23(24,25)26)28-15-14-20(29)27-28/h7-8,10-13,22H,2-6,9,14-16H2,1H3,(H,27,29). The molecule has 0 aliphatic carbocycles. The number of ether oxygens (including phenoxy) is 1. The molecular formula is C23H29F3N2O2. The van der Waals surface area contributed by atoms with Crippen molar-refractivity contribution < 1.29 is 22.7 Å². The van der Waals surface area contributed by atoms with E-state index in [1.807, 2.05) is 0 Å². The SMILES string of the molecule is CCCCCCCCOc1ccc2ccccc2c1C(N1CCC(=O)N1)C(F)(F)F. The Hall–Kier alpha value is -2.28. The summed E-state index contributed by atoms with van der Waals surface area (Å²) in [6.45, 7) is 2.53. The molecule has 4 nitrogen and oxygen atoms in total. The minimum absolute atomic E-state index is 0.00308. The smallest absolute Gasteiger partial charge is 0.410 e. The summed E-state index contributed by atoms with van der Waals surface area (Å²) >= 11 is 0. The topological polar surface area (TPSA) is 41.6 Å². The Balaban J connectivity index is 1.88. The third-order valence-corrected chi connectivity index (χ3v) is 5.43. The molecule has 164 valence electrons. The fourth-order valence-electron chi connectivity index (χ4n) is 3.93. The zero-order valence-electron chi connectivity index (χ0n) is 17.3. The largest absolute Gasteiger partial charge is 0.493 e. The maximum atomic E-state index is 14.2. The summed E-state index contributed by atoms with van der Waals surface area (Å²) in [5.74, 6) is -0.176. The van der Waals surface area contributed by atoms with Gasteiger partial charge >= 0.3 is 6.18 Å². The first-order valence-corrected chi connectivity index (χ1v) is 10.7. The summed E-state index contributed by atoms with van der Waals surface area (Å²) in [5, 5.41) is 2.18. The second-order valence-corrected chi connectivity index (χ2v) is 7.74. The Bertz CT molecular complexity index is 854. The third kappa shape index (κ3) is 5.45. The molecule has 1 fully saturated rings. The van der Waals surface area contributed by atoms with E-state index in [-0.39, 0.29) is 24.3 Å². The Morgan fingerprint density at radius 3 is 2.50 bits per heavy atom. The number of hydrogen-bond donors (Lipinski definition) is 1. The average Bonchev–Trinajstić information content (AvgIpc) is 3.13. The molecule has 0 bridgehead atoms. The molecule has 1 aliphatic rings. The van der Waals surface area contributed by atoms with Gasteiger partial charge in [-0.05, 0) is 23.3 Å². The van der Waals surface area contributed by atoms with Crippen LogP contribution in [0.5, 0.6) is 5.75 Å². The first kappa shape index (κ1) is 22.4. The van der Waals surface area contributed by atoms with Crippen LogP contribution >= 0.6 is 0 Å². The number of benzene rings is 2. The normalized spacial score (nSPS) is 16.1. The van der Waals surface area contributed by atoms with Crippen molar-refractivity contribution in [2.75, 3.05) is 13.2 Å². The predicted octanol–water partition coefficient (Wildman–Crippen LogP) is 5.92. The van der Waals surface area contributed by atoms with Gasteiger partial charge in [0, 0.05) is 18.5 Å². The number of amides is 1. The van der Waals surface area contributed by atoms with E-state index in [0.29, 0.717) is 17.4 Å². The molecule has 1 heterocycles. The molecule has 7 heteroatoms. The van der Waals surface area contributed by atoms with Crippen molar-refractivity contribution >= 4 is 16.7 Å². The van der Waals surface area contributed by atoms with E-state index >= 15 is 0 Å². The summed E-state index contributed by atoms with van der Waals surface area (Å²) < 4.78 is 48.5. The summed E-state index contributed by atoms with van der Waals surface area (Å²) in [6, 6.07) is 8.42. The van der Waals surface area contributed by atoms with Gasteiger partial charge in [0.25, 0.3) is 0 Å². The second-order valence-electron chi connectivity index (χ2n) is 7.74. The number of halogens is 3. The van der Waals surface area contributed by atoms with E-state index in [4.69, 9.17) is 4.74 Å². The van der Waals surface area contributed by atoms with Gasteiger partial charge in [0.2, 0.25) is 5.91 Å². The monoisotopic (exact) mass is 422 g/mol. The molecule has 0 radical (unpaired) electrons. The molecule has 2 aromatic rings. The molecular weight excluding hydrogens is 393 g/mol. The lowest BCUT2D eigenvalue weighted by Crippen LogP contribution is -2.43. The lowest BCUT2D eigenvalue weighted by Gasteiger charge is -2.31. The molecule has 0 aromatic heterocycles. The van der Waals surface area contributed by atoms with Crippen LogP contribution in [0.1, 0.15) is 63.5 Å². The molecule has 2 aromatic carbocycles. The van der Waals surface area contributed by atoms with Crippen molar-refractivity contribution in [2.45, 2.75) is 64.1 Å². The molecule has 0 saturated carbocycles. The van der Waals surface area contributed by atoms with Crippen LogP contribution < -0.4 is 10.2 Å².